The van der Waals surface area contributed by atoms with Crippen molar-refractivity contribution in [2.45, 2.75) is 25.6 Å². The second-order valence-electron chi connectivity index (χ2n) is 4.65. The van der Waals surface area contributed by atoms with Crippen LogP contribution in [0.2, 0.25) is 0 Å². The first-order chi connectivity index (χ1) is 9.52. The number of hydrogen-bond donors (Lipinski definition) is 2. The first kappa shape index (κ1) is 14.6. The fourth-order valence-corrected chi connectivity index (χ4v) is 2.35. The molecule has 0 radical (unpaired) electrons. The van der Waals surface area contributed by atoms with Crippen LogP contribution in [-0.4, -0.2) is 22.2 Å². The summed E-state index contributed by atoms with van der Waals surface area (Å²) in [6, 6.07) is 7.19. The van der Waals surface area contributed by atoms with Crippen LogP contribution < -0.4 is 0 Å². The van der Waals surface area contributed by atoms with Crippen LogP contribution >= 0.6 is 11.3 Å². The van der Waals surface area contributed by atoms with Gasteiger partial charge in [-0.15, -0.1) is 11.3 Å². The fraction of sp³-hybridized carbons (Fsp3) is 0.267. The molecule has 0 amide bonds. The van der Waals surface area contributed by atoms with Crippen LogP contribution in [-0.2, 0) is 15.1 Å². The van der Waals surface area contributed by atoms with Crippen molar-refractivity contribution in [3.8, 4) is 0 Å². The van der Waals surface area contributed by atoms with Crippen molar-refractivity contribution in [2.24, 2.45) is 0 Å². The molecule has 5 heteroatoms. The molecule has 2 N–H and O–H groups in total. The zero-order chi connectivity index (χ0) is 14.6. The normalized spacial score (nSPS) is 14.6. The molecule has 20 heavy (non-hydrogen) atoms. The van der Waals surface area contributed by atoms with E-state index in [4.69, 9.17) is 4.74 Å². The van der Waals surface area contributed by atoms with Gasteiger partial charge in [-0.05, 0) is 49.6 Å². The minimum absolute atomic E-state index is 0.292. The molecular weight excluding hydrogens is 274 g/mol. The molecule has 0 spiro atoms. The highest BCUT2D eigenvalue weighted by Crippen LogP contribution is 2.25. The molecule has 1 atom stereocenters. The maximum atomic E-state index is 12.2. The molecule has 0 bridgehead atoms. The number of nitrogens with one attached hydrogen (secondary N) is 1. The predicted molar refractivity (Wildman–Crippen MR) is 79.3 cm³/mol. The van der Waals surface area contributed by atoms with Gasteiger partial charge in [0.25, 0.3) is 0 Å². The minimum atomic E-state index is -1.81. The van der Waals surface area contributed by atoms with Crippen molar-refractivity contribution in [2.75, 3.05) is 0 Å². The molecule has 2 aromatic rings. The van der Waals surface area contributed by atoms with Crippen molar-refractivity contribution < 1.29 is 14.6 Å². The Kier molecular flexibility index (Phi) is 4.42. The first-order valence-corrected chi connectivity index (χ1v) is 7.20. The van der Waals surface area contributed by atoms with Crippen molar-refractivity contribution in [3.05, 3.63) is 52.5 Å². The monoisotopic (exact) mass is 291 g/mol. The highest BCUT2D eigenvalue weighted by atomic mass is 32.1. The number of aromatic amines is 1. The Labute approximate surface area is 121 Å². The molecule has 106 valence electrons. The summed E-state index contributed by atoms with van der Waals surface area (Å²) in [5.74, 6) is -0.692. The summed E-state index contributed by atoms with van der Waals surface area (Å²) in [5.41, 5.74) is -1.42. The van der Waals surface area contributed by atoms with E-state index in [1.165, 1.54) is 17.4 Å². The summed E-state index contributed by atoms with van der Waals surface area (Å²) in [4.78, 5) is 16.0. The molecule has 0 saturated heterocycles. The lowest BCUT2D eigenvalue weighted by molar-refractivity contribution is -0.165. The predicted octanol–water partition coefficient (Wildman–Crippen LogP) is 2.93. The maximum Gasteiger partial charge on any atom is 0.348 e. The van der Waals surface area contributed by atoms with Gasteiger partial charge >= 0.3 is 5.97 Å². The van der Waals surface area contributed by atoms with Crippen LogP contribution in [0.25, 0.3) is 6.08 Å². The number of thiophene rings is 1. The highest BCUT2D eigenvalue weighted by Gasteiger charge is 2.38. The van der Waals surface area contributed by atoms with E-state index in [-0.39, 0.29) is 6.10 Å². The van der Waals surface area contributed by atoms with Crippen molar-refractivity contribution in [1.29, 1.82) is 0 Å². The highest BCUT2D eigenvalue weighted by molar-refractivity contribution is 7.10. The largest absolute Gasteiger partial charge is 0.460 e. The van der Waals surface area contributed by atoms with Crippen LogP contribution in [0.15, 0.2) is 41.9 Å². The van der Waals surface area contributed by atoms with Crippen LogP contribution in [0.1, 0.15) is 24.4 Å². The van der Waals surface area contributed by atoms with Gasteiger partial charge in [0.05, 0.1) is 11.8 Å². The van der Waals surface area contributed by atoms with Crippen LogP contribution in [0.5, 0.6) is 0 Å². The molecule has 0 aromatic carbocycles. The van der Waals surface area contributed by atoms with Crippen molar-refractivity contribution in [3.63, 3.8) is 0 Å². The number of esters is 1. The Bertz CT molecular complexity index is 572. The van der Waals surface area contributed by atoms with Gasteiger partial charge in [0.15, 0.2) is 0 Å². The summed E-state index contributed by atoms with van der Waals surface area (Å²) in [6.07, 6.45) is 4.53. The third kappa shape index (κ3) is 3.18. The summed E-state index contributed by atoms with van der Waals surface area (Å²) in [6.45, 7) is 3.49. The summed E-state index contributed by atoms with van der Waals surface area (Å²) in [7, 11) is 0. The molecule has 2 heterocycles. The van der Waals surface area contributed by atoms with Crippen molar-refractivity contribution in [1.82, 2.24) is 4.98 Å². The Morgan fingerprint density at radius 2 is 2.25 bits per heavy atom. The molecule has 0 fully saturated rings. The Morgan fingerprint density at radius 1 is 1.45 bits per heavy atom. The molecule has 0 unspecified atom stereocenters. The van der Waals surface area contributed by atoms with Crippen molar-refractivity contribution >= 4 is 23.4 Å². The van der Waals surface area contributed by atoms with Gasteiger partial charge in [-0.25, -0.2) is 4.79 Å². The molecule has 0 saturated carbocycles. The van der Waals surface area contributed by atoms with Crippen LogP contribution in [0.3, 0.4) is 0 Å². The molecular formula is C15H17NO3S. The second kappa shape index (κ2) is 6.07. The lowest BCUT2D eigenvalue weighted by Gasteiger charge is -2.23. The molecule has 2 aromatic heterocycles. The lowest BCUT2D eigenvalue weighted by atomic mass is 9.99. The number of ether oxygens (including phenoxy) is 1. The summed E-state index contributed by atoms with van der Waals surface area (Å²) >= 11 is 1.53. The Hall–Kier alpha value is -1.85. The third-order valence-corrected chi connectivity index (χ3v) is 3.53. The molecule has 0 aliphatic heterocycles. The van der Waals surface area contributed by atoms with Gasteiger partial charge < -0.3 is 14.8 Å². The van der Waals surface area contributed by atoms with E-state index in [2.05, 4.69) is 4.98 Å². The summed E-state index contributed by atoms with van der Waals surface area (Å²) in [5, 5.41) is 12.6. The molecule has 0 aliphatic rings. The minimum Gasteiger partial charge on any atom is -0.460 e. The Morgan fingerprint density at radius 3 is 2.80 bits per heavy atom. The van der Waals surface area contributed by atoms with Gasteiger partial charge in [-0.2, -0.15) is 0 Å². The quantitative estimate of drug-likeness (QED) is 0.833. The van der Waals surface area contributed by atoms with Gasteiger partial charge in [-0.3, -0.25) is 0 Å². The topological polar surface area (TPSA) is 62.3 Å². The van der Waals surface area contributed by atoms with Gasteiger partial charge in [0.1, 0.15) is 0 Å². The average Bonchev–Trinajstić information content (AvgIpc) is 3.08. The maximum absolute atomic E-state index is 12.2. The molecule has 4 nitrogen and oxygen atoms in total. The molecule has 2 rings (SSSR count). The van der Waals surface area contributed by atoms with E-state index >= 15 is 0 Å². The van der Waals surface area contributed by atoms with Crippen LogP contribution in [0, 0.1) is 0 Å². The zero-order valence-corrected chi connectivity index (χ0v) is 12.2. The van der Waals surface area contributed by atoms with E-state index in [0.29, 0.717) is 5.69 Å². The third-order valence-electron chi connectivity index (χ3n) is 2.69. The fourth-order valence-electron chi connectivity index (χ4n) is 1.73. The van der Waals surface area contributed by atoms with Crippen LogP contribution in [0.4, 0.5) is 0 Å². The number of rotatable bonds is 5. The number of carbonyl (C=O) groups excluding carboxylic acids is 1. The first-order valence-electron chi connectivity index (χ1n) is 6.32. The number of hydrogen-bond acceptors (Lipinski definition) is 4. The number of aromatic nitrogens is 1. The average molecular weight is 291 g/mol. The molecule has 0 aliphatic carbocycles. The number of carbonyl (C=O) groups is 1. The van der Waals surface area contributed by atoms with E-state index in [9.17, 15) is 9.90 Å². The SMILES string of the molecule is CC(C)OC(=O)[C@@](O)(/C=C/c1cccs1)c1ccc[nH]1. The zero-order valence-electron chi connectivity index (χ0n) is 11.4. The smallest absolute Gasteiger partial charge is 0.348 e. The van der Waals surface area contributed by atoms with Gasteiger partial charge in [0, 0.05) is 11.1 Å². The van der Waals surface area contributed by atoms with E-state index in [0.717, 1.165) is 4.88 Å². The van der Waals surface area contributed by atoms with Gasteiger partial charge in [-0.1, -0.05) is 6.07 Å². The Balaban J connectivity index is 2.31. The summed E-state index contributed by atoms with van der Waals surface area (Å²) < 4.78 is 5.15. The van der Waals surface area contributed by atoms with Gasteiger partial charge in [0.2, 0.25) is 5.60 Å². The number of aliphatic hydroxyl groups is 1. The van der Waals surface area contributed by atoms with E-state index < -0.39 is 11.6 Å². The lowest BCUT2D eigenvalue weighted by Crippen LogP contribution is -2.37. The van der Waals surface area contributed by atoms with E-state index in [1.54, 1.807) is 38.3 Å². The second-order valence-corrected chi connectivity index (χ2v) is 5.63. The standard InChI is InChI=1S/C15H17NO3S/c1-11(2)19-14(17)15(18,13-6-3-9-16-13)8-7-12-5-4-10-20-12/h3-11,16,18H,1-2H3/b8-7+/t15-/m1/s1. The number of H-pyrrole nitrogens is 1. The van der Waals surface area contributed by atoms with E-state index in [1.807, 2.05) is 17.5 Å².